The van der Waals surface area contributed by atoms with Crippen molar-refractivity contribution in [2.45, 2.75) is 13.3 Å². The molecule has 0 aliphatic carbocycles. The summed E-state index contributed by atoms with van der Waals surface area (Å²) in [7, 11) is 0. The van der Waals surface area contributed by atoms with Crippen LogP contribution in [-0.2, 0) is 11.2 Å². The molecule has 0 radical (unpaired) electrons. The Bertz CT molecular complexity index is 1240. The fourth-order valence-corrected chi connectivity index (χ4v) is 4.17. The summed E-state index contributed by atoms with van der Waals surface area (Å²) in [6.45, 7) is 1.82. The molecular formula is C21H17ClN4O2S. The van der Waals surface area contributed by atoms with Gasteiger partial charge in [0.05, 0.1) is 28.5 Å². The number of benzene rings is 2. The molecule has 2 aromatic carbocycles. The third-order valence-corrected chi connectivity index (χ3v) is 5.63. The summed E-state index contributed by atoms with van der Waals surface area (Å²) in [6, 6.07) is 14.7. The van der Waals surface area contributed by atoms with Gasteiger partial charge in [0, 0.05) is 22.8 Å². The molecule has 4 aromatic rings. The minimum Gasteiger partial charge on any atom is -0.324 e. The molecule has 0 spiro atoms. The van der Waals surface area contributed by atoms with Gasteiger partial charge in [-0.2, -0.15) is 0 Å². The summed E-state index contributed by atoms with van der Waals surface area (Å²) in [5.74, 6) is -0.213. The molecule has 146 valence electrons. The maximum atomic E-state index is 12.6. The van der Waals surface area contributed by atoms with Gasteiger partial charge < -0.3 is 10.3 Å². The Morgan fingerprint density at radius 1 is 1.21 bits per heavy atom. The lowest BCUT2D eigenvalue weighted by Crippen LogP contribution is -2.20. The number of rotatable bonds is 5. The summed E-state index contributed by atoms with van der Waals surface area (Å²) in [5, 5.41) is 6.14. The van der Waals surface area contributed by atoms with Gasteiger partial charge in [-0.05, 0) is 25.1 Å². The molecule has 2 N–H and O–H groups in total. The Labute approximate surface area is 175 Å². The van der Waals surface area contributed by atoms with Crippen LogP contribution < -0.4 is 11.0 Å². The van der Waals surface area contributed by atoms with Crippen molar-refractivity contribution >= 4 is 34.5 Å². The van der Waals surface area contributed by atoms with Crippen molar-refractivity contribution in [3.63, 3.8) is 0 Å². The lowest BCUT2D eigenvalue weighted by atomic mass is 10.2. The Hall–Kier alpha value is -3.16. The summed E-state index contributed by atoms with van der Waals surface area (Å²) in [5.41, 5.74) is 3.17. The van der Waals surface area contributed by atoms with E-state index < -0.39 is 0 Å². The van der Waals surface area contributed by atoms with E-state index in [1.54, 1.807) is 18.3 Å². The molecule has 6 nitrogen and oxygen atoms in total. The molecule has 0 saturated heterocycles. The number of nitrogens with one attached hydrogen (secondary N) is 2. The smallest absolute Gasteiger partial charge is 0.324 e. The number of halogens is 1. The second kappa shape index (κ2) is 8.06. The highest BCUT2D eigenvalue weighted by molar-refractivity contribution is 7.13. The number of aromatic nitrogens is 3. The number of carbonyl (C=O) groups is 1. The number of amides is 1. The van der Waals surface area contributed by atoms with Gasteiger partial charge in [-0.3, -0.25) is 9.36 Å². The average Bonchev–Trinajstić information content (AvgIpc) is 3.29. The van der Waals surface area contributed by atoms with Crippen LogP contribution in [0.15, 0.2) is 64.9 Å². The molecule has 0 aliphatic heterocycles. The largest absolute Gasteiger partial charge is 0.330 e. The summed E-state index contributed by atoms with van der Waals surface area (Å²) in [6.07, 6.45) is 1.75. The van der Waals surface area contributed by atoms with Gasteiger partial charge in [0.1, 0.15) is 5.01 Å². The number of hydrogen-bond acceptors (Lipinski definition) is 4. The number of hydrogen-bond donors (Lipinski definition) is 2. The zero-order valence-corrected chi connectivity index (χ0v) is 17.1. The van der Waals surface area contributed by atoms with E-state index in [2.05, 4.69) is 15.3 Å². The molecular weight excluding hydrogens is 408 g/mol. The molecule has 4 rings (SSSR count). The highest BCUT2D eigenvalue weighted by Gasteiger charge is 2.14. The molecule has 0 aliphatic rings. The Kier molecular flexibility index (Phi) is 5.33. The summed E-state index contributed by atoms with van der Waals surface area (Å²) >= 11 is 7.67. The molecule has 29 heavy (non-hydrogen) atoms. The quantitative estimate of drug-likeness (QED) is 0.497. The van der Waals surface area contributed by atoms with Crippen molar-refractivity contribution in [1.82, 2.24) is 14.5 Å². The molecule has 8 heteroatoms. The summed E-state index contributed by atoms with van der Waals surface area (Å²) in [4.78, 5) is 31.9. The van der Waals surface area contributed by atoms with E-state index in [0.717, 1.165) is 16.3 Å². The van der Waals surface area contributed by atoms with Gasteiger partial charge in [0.2, 0.25) is 5.91 Å². The van der Waals surface area contributed by atoms with E-state index in [9.17, 15) is 9.59 Å². The number of thiazole rings is 1. The first-order valence-corrected chi connectivity index (χ1v) is 10.1. The molecule has 0 saturated carbocycles. The number of nitrogens with zero attached hydrogens (tertiary/aromatic N) is 2. The van der Waals surface area contributed by atoms with Gasteiger partial charge >= 0.3 is 5.69 Å². The Morgan fingerprint density at radius 3 is 2.72 bits per heavy atom. The molecule has 2 heterocycles. The Balaban J connectivity index is 1.54. The third kappa shape index (κ3) is 4.01. The first-order chi connectivity index (χ1) is 14.0. The SMILES string of the molecule is Cc1c[nH]c(=O)n1-c1ccccc1NC(=O)Cc1csc(-c2ccccc2Cl)n1. The molecule has 2 aromatic heterocycles. The number of H-pyrrole nitrogens is 1. The van der Waals surface area contributed by atoms with E-state index in [1.807, 2.05) is 48.7 Å². The maximum Gasteiger partial charge on any atom is 0.330 e. The van der Waals surface area contributed by atoms with E-state index in [0.29, 0.717) is 22.1 Å². The predicted octanol–water partition coefficient (Wildman–Crippen LogP) is 4.43. The van der Waals surface area contributed by atoms with Crippen molar-refractivity contribution in [2.75, 3.05) is 5.32 Å². The van der Waals surface area contributed by atoms with Gasteiger partial charge in [0.25, 0.3) is 0 Å². The van der Waals surface area contributed by atoms with Crippen LogP contribution in [0.2, 0.25) is 5.02 Å². The zero-order chi connectivity index (χ0) is 20.4. The lowest BCUT2D eigenvalue weighted by Gasteiger charge is -2.12. The van der Waals surface area contributed by atoms with Crippen LogP contribution in [0.5, 0.6) is 0 Å². The molecule has 0 atom stereocenters. The number of anilines is 1. The van der Waals surface area contributed by atoms with Crippen molar-refractivity contribution in [3.05, 3.63) is 87.0 Å². The normalized spacial score (nSPS) is 10.8. The van der Waals surface area contributed by atoms with Crippen LogP contribution in [0.1, 0.15) is 11.4 Å². The van der Waals surface area contributed by atoms with Crippen LogP contribution in [0, 0.1) is 6.92 Å². The first-order valence-electron chi connectivity index (χ1n) is 8.88. The fraction of sp³-hybridized carbons (Fsp3) is 0.0952. The van der Waals surface area contributed by atoms with Crippen LogP contribution in [-0.4, -0.2) is 20.4 Å². The second-order valence-electron chi connectivity index (χ2n) is 6.44. The van der Waals surface area contributed by atoms with Crippen molar-refractivity contribution in [2.24, 2.45) is 0 Å². The highest BCUT2D eigenvalue weighted by atomic mass is 35.5. The monoisotopic (exact) mass is 424 g/mol. The van der Waals surface area contributed by atoms with E-state index in [4.69, 9.17) is 11.6 Å². The third-order valence-electron chi connectivity index (χ3n) is 4.38. The number of imidazole rings is 1. The van der Waals surface area contributed by atoms with E-state index >= 15 is 0 Å². The van der Waals surface area contributed by atoms with Crippen LogP contribution >= 0.6 is 22.9 Å². The second-order valence-corrected chi connectivity index (χ2v) is 7.70. The number of aromatic amines is 1. The van der Waals surface area contributed by atoms with Gasteiger partial charge in [0.15, 0.2) is 0 Å². The van der Waals surface area contributed by atoms with E-state index in [-0.39, 0.29) is 18.0 Å². The first kappa shape index (κ1) is 19.2. The van der Waals surface area contributed by atoms with Gasteiger partial charge in [-0.1, -0.05) is 41.9 Å². The lowest BCUT2D eigenvalue weighted by molar-refractivity contribution is -0.115. The minimum atomic E-state index is -0.256. The minimum absolute atomic E-state index is 0.121. The van der Waals surface area contributed by atoms with E-state index in [1.165, 1.54) is 15.9 Å². The number of carbonyl (C=O) groups excluding carboxylic acids is 1. The maximum absolute atomic E-state index is 12.6. The molecule has 0 unspecified atom stereocenters. The topological polar surface area (TPSA) is 79.8 Å². The predicted molar refractivity (Wildman–Crippen MR) is 116 cm³/mol. The number of aryl methyl sites for hydroxylation is 1. The van der Waals surface area contributed by atoms with Crippen molar-refractivity contribution in [3.8, 4) is 16.3 Å². The number of para-hydroxylation sites is 2. The standard InChI is InChI=1S/C21H17ClN4O2S/c1-13-11-23-21(28)26(13)18-9-5-4-8-17(18)25-19(27)10-14-12-29-20(24-14)15-6-2-3-7-16(15)22/h2-9,11-12H,10H2,1H3,(H,23,28)(H,25,27). The molecule has 1 amide bonds. The van der Waals surface area contributed by atoms with Crippen LogP contribution in [0.3, 0.4) is 0 Å². The van der Waals surface area contributed by atoms with Gasteiger partial charge in [-0.15, -0.1) is 11.3 Å². The zero-order valence-electron chi connectivity index (χ0n) is 15.5. The molecule has 0 bridgehead atoms. The Morgan fingerprint density at radius 2 is 1.97 bits per heavy atom. The highest BCUT2D eigenvalue weighted by Crippen LogP contribution is 2.30. The fourth-order valence-electron chi connectivity index (χ4n) is 3.03. The average molecular weight is 425 g/mol. The van der Waals surface area contributed by atoms with Crippen molar-refractivity contribution in [1.29, 1.82) is 0 Å². The van der Waals surface area contributed by atoms with Crippen LogP contribution in [0.4, 0.5) is 5.69 Å². The van der Waals surface area contributed by atoms with Gasteiger partial charge in [-0.25, -0.2) is 9.78 Å². The van der Waals surface area contributed by atoms with Crippen LogP contribution in [0.25, 0.3) is 16.3 Å². The summed E-state index contributed by atoms with van der Waals surface area (Å²) < 4.78 is 1.52. The van der Waals surface area contributed by atoms with Crippen molar-refractivity contribution < 1.29 is 4.79 Å². The molecule has 0 fully saturated rings.